The molecule has 72 valence electrons. The number of thiophene rings is 1. The van der Waals surface area contributed by atoms with Crippen LogP contribution < -0.4 is 0 Å². The summed E-state index contributed by atoms with van der Waals surface area (Å²) in [6.07, 6.45) is 4.21. The molecule has 2 rings (SSSR count). The van der Waals surface area contributed by atoms with Gasteiger partial charge in [0, 0.05) is 0 Å². The van der Waals surface area contributed by atoms with Crippen LogP contribution in [0.15, 0.2) is 16.8 Å². The van der Waals surface area contributed by atoms with Crippen molar-refractivity contribution in [3.63, 3.8) is 0 Å². The van der Waals surface area contributed by atoms with Crippen molar-refractivity contribution in [2.45, 2.75) is 38.7 Å². The number of hydrogen-bond donors (Lipinski definition) is 1. The molecule has 1 saturated carbocycles. The van der Waals surface area contributed by atoms with Crippen molar-refractivity contribution in [2.75, 3.05) is 0 Å². The Morgan fingerprint density at radius 1 is 1.69 bits per heavy atom. The van der Waals surface area contributed by atoms with Crippen LogP contribution in [-0.4, -0.2) is 11.2 Å². The number of aliphatic hydroxyl groups excluding tert-OH is 1. The molecule has 2 unspecified atom stereocenters. The zero-order valence-corrected chi connectivity index (χ0v) is 8.81. The minimum absolute atomic E-state index is 0.0522. The maximum Gasteiger partial charge on any atom is 0.0545 e. The summed E-state index contributed by atoms with van der Waals surface area (Å²) in [6, 6.07) is 2.20. The van der Waals surface area contributed by atoms with E-state index in [9.17, 15) is 5.11 Å². The minimum Gasteiger partial charge on any atom is -0.393 e. The molecule has 0 spiro atoms. The molecular weight excluding hydrogens is 180 g/mol. The lowest BCUT2D eigenvalue weighted by atomic mass is 9.83. The normalized spacial score (nSPS) is 33.8. The predicted molar refractivity (Wildman–Crippen MR) is 56.0 cm³/mol. The van der Waals surface area contributed by atoms with Gasteiger partial charge in [0.25, 0.3) is 0 Å². The Balaban J connectivity index is 2.01. The molecule has 0 saturated heterocycles. The van der Waals surface area contributed by atoms with Crippen molar-refractivity contribution in [1.29, 1.82) is 0 Å². The van der Waals surface area contributed by atoms with Crippen LogP contribution in [0.3, 0.4) is 0 Å². The molecule has 0 radical (unpaired) electrons. The van der Waals surface area contributed by atoms with E-state index in [-0.39, 0.29) is 6.10 Å². The maximum atomic E-state index is 9.50. The fraction of sp³-hybridized carbons (Fsp3) is 0.636. The first-order valence-electron chi connectivity index (χ1n) is 4.87. The van der Waals surface area contributed by atoms with Gasteiger partial charge in [0.2, 0.25) is 0 Å². The van der Waals surface area contributed by atoms with Gasteiger partial charge in [0.1, 0.15) is 0 Å². The van der Waals surface area contributed by atoms with E-state index in [1.807, 2.05) is 0 Å². The number of hydrogen-bond acceptors (Lipinski definition) is 2. The maximum absolute atomic E-state index is 9.50. The van der Waals surface area contributed by atoms with Gasteiger partial charge in [-0.1, -0.05) is 6.92 Å². The Bertz CT molecular complexity index is 268. The van der Waals surface area contributed by atoms with Crippen LogP contribution in [0, 0.1) is 5.41 Å². The average molecular weight is 196 g/mol. The van der Waals surface area contributed by atoms with E-state index in [2.05, 4.69) is 23.8 Å². The third kappa shape index (κ3) is 2.12. The van der Waals surface area contributed by atoms with Gasteiger partial charge < -0.3 is 5.11 Å². The lowest BCUT2D eigenvalue weighted by Crippen LogP contribution is -2.16. The van der Waals surface area contributed by atoms with Crippen molar-refractivity contribution in [3.8, 4) is 0 Å². The van der Waals surface area contributed by atoms with E-state index >= 15 is 0 Å². The zero-order valence-electron chi connectivity index (χ0n) is 7.99. The summed E-state index contributed by atoms with van der Waals surface area (Å²) in [5.74, 6) is 0. The number of aliphatic hydroxyl groups is 1. The zero-order chi connectivity index (χ0) is 9.31. The Morgan fingerprint density at radius 3 is 3.08 bits per heavy atom. The summed E-state index contributed by atoms with van der Waals surface area (Å²) < 4.78 is 0. The molecule has 1 aliphatic carbocycles. The second-order valence-corrected chi connectivity index (χ2v) is 5.30. The lowest BCUT2D eigenvalue weighted by molar-refractivity contribution is 0.163. The second kappa shape index (κ2) is 3.43. The van der Waals surface area contributed by atoms with Crippen LogP contribution in [-0.2, 0) is 6.42 Å². The average Bonchev–Trinajstić information content (AvgIpc) is 2.62. The first kappa shape index (κ1) is 9.22. The van der Waals surface area contributed by atoms with Crippen molar-refractivity contribution >= 4 is 11.3 Å². The van der Waals surface area contributed by atoms with Gasteiger partial charge in [-0.25, -0.2) is 0 Å². The summed E-state index contributed by atoms with van der Waals surface area (Å²) >= 11 is 1.76. The van der Waals surface area contributed by atoms with Crippen LogP contribution in [0.4, 0.5) is 0 Å². The van der Waals surface area contributed by atoms with Crippen molar-refractivity contribution in [2.24, 2.45) is 5.41 Å². The summed E-state index contributed by atoms with van der Waals surface area (Å²) in [6.45, 7) is 2.29. The Labute approximate surface area is 83.4 Å². The van der Waals surface area contributed by atoms with Gasteiger partial charge in [-0.15, -0.1) is 0 Å². The van der Waals surface area contributed by atoms with Crippen molar-refractivity contribution < 1.29 is 5.11 Å². The largest absolute Gasteiger partial charge is 0.393 e. The van der Waals surface area contributed by atoms with Gasteiger partial charge in [0.05, 0.1) is 6.10 Å². The molecule has 0 aromatic carbocycles. The highest BCUT2D eigenvalue weighted by Crippen LogP contribution is 2.40. The molecule has 1 N–H and O–H groups in total. The standard InChI is InChI=1S/C11H16OS/c1-11(4-2-10(12)7-11)6-9-3-5-13-8-9/h3,5,8,10,12H,2,4,6-7H2,1H3. The molecule has 2 atom stereocenters. The highest BCUT2D eigenvalue weighted by molar-refractivity contribution is 7.07. The van der Waals surface area contributed by atoms with E-state index in [0.717, 1.165) is 19.3 Å². The molecule has 1 heterocycles. The third-order valence-electron chi connectivity index (χ3n) is 3.02. The van der Waals surface area contributed by atoms with Crippen LogP contribution in [0.2, 0.25) is 0 Å². The Kier molecular flexibility index (Phi) is 2.43. The van der Waals surface area contributed by atoms with Gasteiger partial charge in [0.15, 0.2) is 0 Å². The molecule has 1 fully saturated rings. The molecule has 1 nitrogen and oxygen atoms in total. The highest BCUT2D eigenvalue weighted by Gasteiger charge is 2.34. The monoisotopic (exact) mass is 196 g/mol. The van der Waals surface area contributed by atoms with Crippen LogP contribution in [0.1, 0.15) is 31.7 Å². The van der Waals surface area contributed by atoms with E-state index in [4.69, 9.17) is 0 Å². The van der Waals surface area contributed by atoms with Gasteiger partial charge >= 0.3 is 0 Å². The SMILES string of the molecule is CC1(Cc2ccsc2)CCC(O)C1. The second-order valence-electron chi connectivity index (χ2n) is 4.52. The van der Waals surface area contributed by atoms with Gasteiger partial charge in [-0.05, 0) is 53.5 Å². The van der Waals surface area contributed by atoms with E-state index in [0.29, 0.717) is 5.41 Å². The molecule has 1 aromatic rings. The predicted octanol–water partition coefficient (Wildman–Crippen LogP) is 2.84. The Morgan fingerprint density at radius 2 is 2.54 bits per heavy atom. The summed E-state index contributed by atoms with van der Waals surface area (Å²) in [5.41, 5.74) is 1.78. The third-order valence-corrected chi connectivity index (χ3v) is 3.75. The fourth-order valence-corrected chi connectivity index (χ4v) is 3.00. The molecule has 13 heavy (non-hydrogen) atoms. The fourth-order valence-electron chi connectivity index (χ4n) is 2.33. The molecular formula is C11H16OS. The smallest absolute Gasteiger partial charge is 0.0545 e. The lowest BCUT2D eigenvalue weighted by Gasteiger charge is -2.22. The first-order valence-corrected chi connectivity index (χ1v) is 5.81. The molecule has 1 aliphatic rings. The van der Waals surface area contributed by atoms with E-state index < -0.39 is 0 Å². The molecule has 1 aromatic heterocycles. The molecule has 0 amide bonds. The van der Waals surface area contributed by atoms with Crippen LogP contribution in [0.5, 0.6) is 0 Å². The van der Waals surface area contributed by atoms with Gasteiger partial charge in [-0.3, -0.25) is 0 Å². The Hall–Kier alpha value is -0.340. The van der Waals surface area contributed by atoms with Crippen molar-refractivity contribution in [1.82, 2.24) is 0 Å². The topological polar surface area (TPSA) is 20.2 Å². The van der Waals surface area contributed by atoms with Crippen LogP contribution in [0.25, 0.3) is 0 Å². The van der Waals surface area contributed by atoms with E-state index in [1.165, 1.54) is 12.0 Å². The van der Waals surface area contributed by atoms with E-state index in [1.54, 1.807) is 11.3 Å². The molecule has 0 bridgehead atoms. The van der Waals surface area contributed by atoms with Crippen molar-refractivity contribution in [3.05, 3.63) is 22.4 Å². The quantitative estimate of drug-likeness (QED) is 0.771. The van der Waals surface area contributed by atoms with Crippen LogP contribution >= 0.6 is 11.3 Å². The first-order chi connectivity index (χ1) is 6.18. The molecule has 0 aliphatic heterocycles. The summed E-state index contributed by atoms with van der Waals surface area (Å²) in [7, 11) is 0. The summed E-state index contributed by atoms with van der Waals surface area (Å²) in [5, 5.41) is 13.8. The minimum atomic E-state index is -0.0522. The van der Waals surface area contributed by atoms with Gasteiger partial charge in [-0.2, -0.15) is 11.3 Å². The number of rotatable bonds is 2. The summed E-state index contributed by atoms with van der Waals surface area (Å²) in [4.78, 5) is 0. The highest BCUT2D eigenvalue weighted by atomic mass is 32.1. The molecule has 2 heteroatoms.